The maximum Gasteiger partial charge on any atom is 0.165 e. The summed E-state index contributed by atoms with van der Waals surface area (Å²) >= 11 is 0. The van der Waals surface area contributed by atoms with Crippen molar-refractivity contribution in [3.8, 4) is 17.0 Å². The van der Waals surface area contributed by atoms with Gasteiger partial charge in [0.1, 0.15) is 5.82 Å². The molecule has 0 saturated carbocycles. The molecule has 1 heterocycles. The molecule has 0 fully saturated rings. The zero-order valence-electron chi connectivity index (χ0n) is 9.99. The Kier molecular flexibility index (Phi) is 3.04. The molecule has 88 valence electrons. The van der Waals surface area contributed by atoms with Gasteiger partial charge in [-0.25, -0.2) is 14.4 Å². The predicted molar refractivity (Wildman–Crippen MR) is 63.5 cm³/mol. The first-order valence-corrected chi connectivity index (χ1v) is 5.26. The van der Waals surface area contributed by atoms with Crippen molar-refractivity contribution in [1.82, 2.24) is 9.97 Å². The summed E-state index contributed by atoms with van der Waals surface area (Å²) in [7, 11) is 1.44. The molecule has 0 atom stereocenters. The summed E-state index contributed by atoms with van der Waals surface area (Å²) < 4.78 is 18.4. The van der Waals surface area contributed by atoms with E-state index < -0.39 is 0 Å². The van der Waals surface area contributed by atoms with Crippen LogP contribution in [-0.4, -0.2) is 17.1 Å². The average molecular weight is 232 g/mol. The number of ether oxygens (including phenoxy) is 1. The molecule has 0 aliphatic carbocycles. The Morgan fingerprint density at radius 2 is 1.88 bits per heavy atom. The summed E-state index contributed by atoms with van der Waals surface area (Å²) in [6.07, 6.45) is 0. The second kappa shape index (κ2) is 4.49. The maximum absolute atomic E-state index is 13.6. The molecule has 3 nitrogen and oxygen atoms in total. The maximum atomic E-state index is 13.6. The molecule has 0 saturated heterocycles. The molecule has 1 aromatic heterocycles. The van der Waals surface area contributed by atoms with Crippen LogP contribution in [0.3, 0.4) is 0 Å². The molecule has 2 aromatic rings. The van der Waals surface area contributed by atoms with E-state index in [4.69, 9.17) is 4.74 Å². The summed E-state index contributed by atoms with van der Waals surface area (Å²) in [5.41, 5.74) is 2.30. The van der Waals surface area contributed by atoms with Gasteiger partial charge in [0.25, 0.3) is 0 Å². The third-order valence-electron chi connectivity index (χ3n) is 2.41. The Hall–Kier alpha value is -1.97. The van der Waals surface area contributed by atoms with Gasteiger partial charge in [0.2, 0.25) is 0 Å². The molecule has 1 aromatic carbocycles. The normalized spacial score (nSPS) is 10.4. The molecular weight excluding hydrogens is 219 g/mol. The van der Waals surface area contributed by atoms with Crippen molar-refractivity contribution in [3.05, 3.63) is 41.6 Å². The first-order valence-electron chi connectivity index (χ1n) is 5.26. The van der Waals surface area contributed by atoms with E-state index in [9.17, 15) is 4.39 Å². The van der Waals surface area contributed by atoms with Crippen LogP contribution in [0.4, 0.5) is 4.39 Å². The Balaban J connectivity index is 2.49. The highest BCUT2D eigenvalue weighted by Gasteiger charge is 2.07. The number of halogens is 1. The fraction of sp³-hybridized carbons (Fsp3) is 0.231. The molecule has 0 N–H and O–H groups in total. The van der Waals surface area contributed by atoms with Gasteiger partial charge in [0.15, 0.2) is 11.6 Å². The number of methoxy groups -OCH3 is 1. The lowest BCUT2D eigenvalue weighted by Gasteiger charge is -2.06. The van der Waals surface area contributed by atoms with E-state index in [1.54, 1.807) is 12.1 Å². The van der Waals surface area contributed by atoms with Crippen LogP contribution in [0.5, 0.6) is 5.75 Å². The zero-order valence-corrected chi connectivity index (χ0v) is 9.99. The predicted octanol–water partition coefficient (Wildman–Crippen LogP) is 2.91. The molecule has 0 amide bonds. The molecular formula is C13H13FN2O. The van der Waals surface area contributed by atoms with E-state index in [1.807, 2.05) is 19.9 Å². The van der Waals surface area contributed by atoms with Crippen LogP contribution < -0.4 is 4.74 Å². The number of rotatable bonds is 2. The molecule has 17 heavy (non-hydrogen) atoms. The number of aryl methyl sites for hydroxylation is 2. The third-order valence-corrected chi connectivity index (χ3v) is 2.41. The second-order valence-corrected chi connectivity index (χ2v) is 3.79. The van der Waals surface area contributed by atoms with Crippen LogP contribution in [0.2, 0.25) is 0 Å². The summed E-state index contributed by atoms with van der Waals surface area (Å²) in [6, 6.07) is 6.62. The van der Waals surface area contributed by atoms with E-state index in [0.717, 1.165) is 17.0 Å². The lowest BCUT2D eigenvalue weighted by Crippen LogP contribution is -1.95. The van der Waals surface area contributed by atoms with Gasteiger partial charge < -0.3 is 4.74 Å². The van der Waals surface area contributed by atoms with Gasteiger partial charge >= 0.3 is 0 Å². The highest BCUT2D eigenvalue weighted by atomic mass is 19.1. The minimum absolute atomic E-state index is 0.233. The van der Waals surface area contributed by atoms with Crippen molar-refractivity contribution in [1.29, 1.82) is 0 Å². The van der Waals surface area contributed by atoms with Crippen LogP contribution in [0.15, 0.2) is 24.3 Å². The fourth-order valence-electron chi connectivity index (χ4n) is 1.69. The first kappa shape index (κ1) is 11.5. The number of benzene rings is 1. The number of hydrogen-bond acceptors (Lipinski definition) is 3. The monoisotopic (exact) mass is 232 g/mol. The summed E-state index contributed by atoms with van der Waals surface area (Å²) in [4.78, 5) is 8.47. The molecule has 0 unspecified atom stereocenters. The largest absolute Gasteiger partial charge is 0.494 e. The molecule has 0 aliphatic heterocycles. The van der Waals surface area contributed by atoms with Crippen LogP contribution in [0.25, 0.3) is 11.3 Å². The summed E-state index contributed by atoms with van der Waals surface area (Å²) in [5.74, 6) is 0.520. The lowest BCUT2D eigenvalue weighted by molar-refractivity contribution is 0.386. The van der Waals surface area contributed by atoms with Gasteiger partial charge in [0.05, 0.1) is 12.8 Å². The number of aromatic nitrogens is 2. The standard InChI is InChI=1S/C13H13FN2O/c1-8-6-12(16-9(2)15-8)10-4-5-13(17-3)11(14)7-10/h4-7H,1-3H3. The fourth-order valence-corrected chi connectivity index (χ4v) is 1.69. The Morgan fingerprint density at radius 3 is 2.47 bits per heavy atom. The van der Waals surface area contributed by atoms with E-state index >= 15 is 0 Å². The van der Waals surface area contributed by atoms with Crippen molar-refractivity contribution >= 4 is 0 Å². The van der Waals surface area contributed by atoms with Gasteiger partial charge in [-0.15, -0.1) is 0 Å². The van der Waals surface area contributed by atoms with Crippen LogP contribution in [0, 0.1) is 19.7 Å². The lowest BCUT2D eigenvalue weighted by atomic mass is 10.1. The minimum atomic E-state index is -0.390. The van der Waals surface area contributed by atoms with Gasteiger partial charge in [-0.1, -0.05) is 0 Å². The Labute approximate surface area is 99.3 Å². The van der Waals surface area contributed by atoms with Crippen molar-refractivity contribution < 1.29 is 9.13 Å². The number of nitrogens with zero attached hydrogens (tertiary/aromatic N) is 2. The van der Waals surface area contributed by atoms with Crippen molar-refractivity contribution in [3.63, 3.8) is 0 Å². The highest BCUT2D eigenvalue weighted by molar-refractivity contribution is 5.60. The van der Waals surface area contributed by atoms with E-state index in [1.165, 1.54) is 13.2 Å². The number of hydrogen-bond donors (Lipinski definition) is 0. The zero-order chi connectivity index (χ0) is 12.4. The van der Waals surface area contributed by atoms with Crippen molar-refractivity contribution in [2.45, 2.75) is 13.8 Å². The first-order chi connectivity index (χ1) is 8.10. The molecule has 0 aliphatic rings. The summed E-state index contributed by atoms with van der Waals surface area (Å²) in [5, 5.41) is 0. The topological polar surface area (TPSA) is 35.0 Å². The quantitative estimate of drug-likeness (QED) is 0.798. The van der Waals surface area contributed by atoms with Crippen molar-refractivity contribution in [2.75, 3.05) is 7.11 Å². The van der Waals surface area contributed by atoms with E-state index in [0.29, 0.717) is 5.82 Å². The van der Waals surface area contributed by atoms with E-state index in [-0.39, 0.29) is 11.6 Å². The van der Waals surface area contributed by atoms with Gasteiger partial charge in [-0.3, -0.25) is 0 Å². The van der Waals surface area contributed by atoms with Crippen LogP contribution in [-0.2, 0) is 0 Å². The third kappa shape index (κ3) is 2.41. The van der Waals surface area contributed by atoms with E-state index in [2.05, 4.69) is 9.97 Å². The minimum Gasteiger partial charge on any atom is -0.494 e. The van der Waals surface area contributed by atoms with Gasteiger partial charge in [-0.2, -0.15) is 0 Å². The van der Waals surface area contributed by atoms with Crippen LogP contribution in [0.1, 0.15) is 11.5 Å². The summed E-state index contributed by atoms with van der Waals surface area (Å²) in [6.45, 7) is 3.70. The van der Waals surface area contributed by atoms with Gasteiger partial charge in [0, 0.05) is 11.3 Å². The molecule has 0 bridgehead atoms. The Bertz CT molecular complexity index is 535. The average Bonchev–Trinajstić information content (AvgIpc) is 2.27. The molecule has 0 spiro atoms. The van der Waals surface area contributed by atoms with Crippen molar-refractivity contribution in [2.24, 2.45) is 0 Å². The molecule has 2 rings (SSSR count). The van der Waals surface area contributed by atoms with Crippen LogP contribution >= 0.6 is 0 Å². The SMILES string of the molecule is COc1ccc(-c2cc(C)nc(C)n2)cc1F. The smallest absolute Gasteiger partial charge is 0.165 e. The molecule has 0 radical (unpaired) electrons. The highest BCUT2D eigenvalue weighted by Crippen LogP contribution is 2.24. The van der Waals surface area contributed by atoms with Gasteiger partial charge in [-0.05, 0) is 38.1 Å². The second-order valence-electron chi connectivity index (χ2n) is 3.79. The Morgan fingerprint density at radius 1 is 1.12 bits per heavy atom. The molecule has 4 heteroatoms.